The molecule has 0 saturated heterocycles. The molecule has 0 spiro atoms. The Balaban J connectivity index is 2.19. The number of hydrogen-bond acceptors (Lipinski definition) is 3. The zero-order chi connectivity index (χ0) is 14.8. The number of thiocarbonyl (C=S) groups is 1. The molecule has 1 aromatic rings. The summed E-state index contributed by atoms with van der Waals surface area (Å²) >= 11 is 5.20. The Morgan fingerprint density at radius 3 is 2.55 bits per heavy atom. The van der Waals surface area contributed by atoms with Crippen molar-refractivity contribution in [2.75, 3.05) is 0 Å². The minimum absolute atomic E-state index is 0.0849. The van der Waals surface area contributed by atoms with Crippen LogP contribution in [0.15, 0.2) is 46.7 Å². The predicted octanol–water partition coefficient (Wildman–Crippen LogP) is 3.63. The van der Waals surface area contributed by atoms with Crippen molar-refractivity contribution in [3.05, 3.63) is 47.2 Å². The van der Waals surface area contributed by atoms with E-state index in [0.717, 1.165) is 5.56 Å². The molecule has 0 bridgehead atoms. The van der Waals surface area contributed by atoms with Crippen molar-refractivity contribution in [3.8, 4) is 0 Å². The van der Waals surface area contributed by atoms with Crippen LogP contribution in [0.5, 0.6) is 0 Å². The Bertz CT molecular complexity index is 600. The maximum Gasteiger partial charge on any atom is 0.168 e. The molecule has 0 heterocycles. The zero-order valence-electron chi connectivity index (χ0n) is 11.6. The van der Waals surface area contributed by atoms with E-state index < -0.39 is 0 Å². The van der Waals surface area contributed by atoms with E-state index >= 15 is 0 Å². The first-order chi connectivity index (χ1) is 9.39. The second kappa shape index (κ2) is 5.67. The zero-order valence-corrected chi connectivity index (χ0v) is 12.4. The van der Waals surface area contributed by atoms with Gasteiger partial charge in [0.15, 0.2) is 5.78 Å². The highest BCUT2D eigenvalue weighted by Gasteiger charge is 2.32. The van der Waals surface area contributed by atoms with Gasteiger partial charge >= 0.3 is 0 Å². The number of nitrogens with zero attached hydrogens (tertiary/aromatic N) is 1. The Morgan fingerprint density at radius 1 is 1.30 bits per heavy atom. The molecule has 1 aromatic carbocycles. The SMILES string of the molecule is CC1(C)CC(=O)C(C=NC(=S)c2ccccc2)=C(O)C1. The fourth-order valence-corrected chi connectivity index (χ4v) is 2.42. The van der Waals surface area contributed by atoms with Crippen molar-refractivity contribution in [1.29, 1.82) is 0 Å². The fraction of sp³-hybridized carbons (Fsp3) is 0.312. The molecule has 1 aliphatic rings. The number of aliphatic imine (C=N–C) groups is 1. The van der Waals surface area contributed by atoms with E-state index in [0.29, 0.717) is 17.8 Å². The lowest BCUT2D eigenvalue weighted by Gasteiger charge is -2.28. The number of Topliss-reactive ketones (excluding diaryl/α,β-unsaturated/α-hetero) is 1. The van der Waals surface area contributed by atoms with Gasteiger partial charge in [0.05, 0.1) is 5.57 Å². The fourth-order valence-electron chi connectivity index (χ4n) is 2.23. The van der Waals surface area contributed by atoms with E-state index in [1.807, 2.05) is 44.2 Å². The molecular formula is C16H17NO2S. The van der Waals surface area contributed by atoms with Gasteiger partial charge in [-0.1, -0.05) is 56.4 Å². The van der Waals surface area contributed by atoms with Crippen LogP contribution in [0.1, 0.15) is 32.3 Å². The van der Waals surface area contributed by atoms with E-state index in [1.54, 1.807) is 0 Å². The van der Waals surface area contributed by atoms with Gasteiger partial charge in [-0.15, -0.1) is 0 Å². The van der Waals surface area contributed by atoms with Crippen LogP contribution >= 0.6 is 12.2 Å². The molecule has 0 aromatic heterocycles. The summed E-state index contributed by atoms with van der Waals surface area (Å²) in [5, 5.41) is 9.98. The van der Waals surface area contributed by atoms with Gasteiger partial charge in [-0.3, -0.25) is 4.79 Å². The number of benzene rings is 1. The molecule has 0 fully saturated rings. The van der Waals surface area contributed by atoms with Gasteiger partial charge in [0.25, 0.3) is 0 Å². The molecule has 4 heteroatoms. The Labute approximate surface area is 124 Å². The minimum atomic E-state index is -0.196. The van der Waals surface area contributed by atoms with Gasteiger partial charge in [-0.2, -0.15) is 0 Å². The molecule has 1 aliphatic carbocycles. The molecule has 1 N–H and O–H groups in total. The van der Waals surface area contributed by atoms with Crippen molar-refractivity contribution in [2.24, 2.45) is 10.4 Å². The summed E-state index contributed by atoms with van der Waals surface area (Å²) in [7, 11) is 0. The van der Waals surface area contributed by atoms with Crippen LogP contribution in [0.2, 0.25) is 0 Å². The molecule has 104 valence electrons. The third-order valence-corrected chi connectivity index (χ3v) is 3.57. The van der Waals surface area contributed by atoms with E-state index in [-0.39, 0.29) is 22.5 Å². The van der Waals surface area contributed by atoms with Crippen LogP contribution < -0.4 is 0 Å². The largest absolute Gasteiger partial charge is 0.511 e. The first kappa shape index (κ1) is 14.6. The molecule has 0 aliphatic heterocycles. The van der Waals surface area contributed by atoms with E-state index in [9.17, 15) is 9.90 Å². The predicted molar refractivity (Wildman–Crippen MR) is 84.3 cm³/mol. The maximum atomic E-state index is 12.0. The molecular weight excluding hydrogens is 270 g/mol. The normalized spacial score (nSPS) is 18.6. The number of aliphatic hydroxyl groups excluding tert-OH is 1. The second-order valence-electron chi connectivity index (χ2n) is 5.73. The number of rotatable bonds is 2. The summed E-state index contributed by atoms with van der Waals surface area (Å²) in [4.78, 5) is 16.6. The van der Waals surface area contributed by atoms with E-state index in [1.165, 1.54) is 6.21 Å². The van der Waals surface area contributed by atoms with Gasteiger partial charge in [0.1, 0.15) is 10.7 Å². The Morgan fingerprint density at radius 2 is 1.95 bits per heavy atom. The number of aliphatic hydroxyl groups is 1. The number of carbonyl (C=O) groups excluding carboxylic acids is 1. The van der Waals surface area contributed by atoms with Crippen LogP contribution in [0.4, 0.5) is 0 Å². The van der Waals surface area contributed by atoms with Gasteiger partial charge in [-0.25, -0.2) is 4.99 Å². The summed E-state index contributed by atoms with van der Waals surface area (Å²) < 4.78 is 0. The molecule has 0 unspecified atom stereocenters. The van der Waals surface area contributed by atoms with Crippen LogP contribution in [-0.4, -0.2) is 22.1 Å². The maximum absolute atomic E-state index is 12.0. The standard InChI is InChI=1S/C16H17NO2S/c1-16(2)8-13(18)12(14(19)9-16)10-17-15(20)11-6-4-3-5-7-11/h3-7,10,18H,8-9H2,1-2H3. The summed E-state index contributed by atoms with van der Waals surface area (Å²) in [5.74, 6) is 0.0178. The molecule has 0 radical (unpaired) electrons. The van der Waals surface area contributed by atoms with Crippen LogP contribution in [0.3, 0.4) is 0 Å². The summed E-state index contributed by atoms with van der Waals surface area (Å²) in [6.45, 7) is 3.92. The Kier molecular flexibility index (Phi) is 4.14. The summed E-state index contributed by atoms with van der Waals surface area (Å²) in [6.07, 6.45) is 2.29. The number of allylic oxidation sites excluding steroid dienone is 2. The topological polar surface area (TPSA) is 49.7 Å². The van der Waals surface area contributed by atoms with Crippen molar-refractivity contribution >= 4 is 29.2 Å². The van der Waals surface area contributed by atoms with E-state index in [4.69, 9.17) is 12.2 Å². The lowest BCUT2D eigenvalue weighted by Crippen LogP contribution is -2.26. The third kappa shape index (κ3) is 3.39. The quantitative estimate of drug-likeness (QED) is 0.667. The lowest BCUT2D eigenvalue weighted by molar-refractivity contribution is -0.117. The molecule has 2 rings (SSSR count). The second-order valence-corrected chi connectivity index (χ2v) is 6.12. The van der Waals surface area contributed by atoms with Crippen molar-refractivity contribution in [3.63, 3.8) is 0 Å². The number of carbonyl (C=O) groups is 1. The van der Waals surface area contributed by atoms with E-state index in [2.05, 4.69) is 4.99 Å². The highest BCUT2D eigenvalue weighted by Crippen LogP contribution is 2.35. The first-order valence-electron chi connectivity index (χ1n) is 6.48. The van der Waals surface area contributed by atoms with Gasteiger partial charge in [0, 0.05) is 24.6 Å². The third-order valence-electron chi connectivity index (χ3n) is 3.23. The molecule has 20 heavy (non-hydrogen) atoms. The number of ketones is 1. The average molecular weight is 287 g/mol. The molecule has 3 nitrogen and oxygen atoms in total. The summed E-state index contributed by atoms with van der Waals surface area (Å²) in [6, 6.07) is 9.38. The first-order valence-corrected chi connectivity index (χ1v) is 6.89. The average Bonchev–Trinajstić information content (AvgIpc) is 2.37. The lowest BCUT2D eigenvalue weighted by atomic mass is 9.77. The van der Waals surface area contributed by atoms with Crippen LogP contribution in [-0.2, 0) is 4.79 Å². The number of hydrogen-bond donors (Lipinski definition) is 1. The van der Waals surface area contributed by atoms with Gasteiger partial charge in [-0.05, 0) is 5.41 Å². The summed E-state index contributed by atoms with van der Waals surface area (Å²) in [5.41, 5.74) is 0.906. The van der Waals surface area contributed by atoms with Gasteiger partial charge in [0.2, 0.25) is 0 Å². The van der Waals surface area contributed by atoms with Gasteiger partial charge < -0.3 is 5.11 Å². The monoisotopic (exact) mass is 287 g/mol. The Hall–Kier alpha value is -1.81. The smallest absolute Gasteiger partial charge is 0.168 e. The van der Waals surface area contributed by atoms with Crippen molar-refractivity contribution < 1.29 is 9.90 Å². The van der Waals surface area contributed by atoms with Crippen LogP contribution in [0, 0.1) is 5.41 Å². The van der Waals surface area contributed by atoms with Crippen LogP contribution in [0.25, 0.3) is 0 Å². The highest BCUT2D eigenvalue weighted by atomic mass is 32.1. The minimum Gasteiger partial charge on any atom is -0.511 e. The van der Waals surface area contributed by atoms with Crippen molar-refractivity contribution in [1.82, 2.24) is 0 Å². The molecule has 0 amide bonds. The molecule has 0 atom stereocenters. The highest BCUT2D eigenvalue weighted by molar-refractivity contribution is 7.80. The molecule has 0 saturated carbocycles. The van der Waals surface area contributed by atoms with Crippen molar-refractivity contribution in [2.45, 2.75) is 26.7 Å².